The summed E-state index contributed by atoms with van der Waals surface area (Å²) < 4.78 is 18.4. The summed E-state index contributed by atoms with van der Waals surface area (Å²) in [6, 6.07) is 18.2. The van der Waals surface area contributed by atoms with E-state index < -0.39 is 12.0 Å². The second-order valence-corrected chi connectivity index (χ2v) is 9.04. The van der Waals surface area contributed by atoms with Crippen LogP contribution in [0.2, 0.25) is 0 Å². The van der Waals surface area contributed by atoms with Crippen molar-refractivity contribution in [3.63, 3.8) is 0 Å². The number of likely N-dealkylation sites (N-methyl/N-ethyl adjacent to an activating group) is 1. The highest BCUT2D eigenvalue weighted by Crippen LogP contribution is 2.46. The Morgan fingerprint density at radius 2 is 1.51 bits per heavy atom. The van der Waals surface area contributed by atoms with E-state index in [0.29, 0.717) is 34.1 Å². The average Bonchev–Trinajstić information content (AvgIpc) is 3.25. The van der Waals surface area contributed by atoms with Gasteiger partial charge in [0.15, 0.2) is 11.5 Å². The van der Waals surface area contributed by atoms with Crippen LogP contribution >= 0.6 is 0 Å². The van der Waals surface area contributed by atoms with Crippen molar-refractivity contribution in [1.82, 2.24) is 9.47 Å². The number of benzene rings is 3. The van der Waals surface area contributed by atoms with Gasteiger partial charge in [0, 0.05) is 60.1 Å². The Morgan fingerprint density at radius 3 is 2.19 bits per heavy atom. The summed E-state index contributed by atoms with van der Waals surface area (Å²) in [5, 5.41) is 4.04. The van der Waals surface area contributed by atoms with E-state index in [1.54, 1.807) is 30.1 Å². The Kier molecular flexibility index (Phi) is 6.25. The highest BCUT2D eigenvalue weighted by Gasteiger charge is 2.43. The van der Waals surface area contributed by atoms with Gasteiger partial charge in [-0.15, -0.1) is 0 Å². The van der Waals surface area contributed by atoms with Gasteiger partial charge in [0.2, 0.25) is 11.7 Å². The summed E-state index contributed by atoms with van der Waals surface area (Å²) in [5.41, 5.74) is 3.64. The van der Waals surface area contributed by atoms with Gasteiger partial charge in [0.25, 0.3) is 5.91 Å². The zero-order valence-corrected chi connectivity index (χ0v) is 21.4. The predicted molar refractivity (Wildman–Crippen MR) is 142 cm³/mol. The summed E-state index contributed by atoms with van der Waals surface area (Å²) in [5.74, 6) is 0.260. The second kappa shape index (κ2) is 9.54. The van der Waals surface area contributed by atoms with Crippen molar-refractivity contribution in [2.24, 2.45) is 7.05 Å². The number of nitrogens with one attached hydrogen (secondary N) is 1. The number of carbonyl (C=O) groups excluding carboxylic acids is 2. The summed E-state index contributed by atoms with van der Waals surface area (Å²) in [4.78, 5) is 29.2. The van der Waals surface area contributed by atoms with Crippen molar-refractivity contribution in [3.8, 4) is 17.2 Å². The average molecular weight is 500 g/mol. The number of anilines is 1. The van der Waals surface area contributed by atoms with Crippen molar-refractivity contribution in [1.29, 1.82) is 0 Å². The second-order valence-electron chi connectivity index (χ2n) is 9.04. The molecule has 8 heteroatoms. The molecule has 0 aliphatic carbocycles. The molecule has 37 heavy (non-hydrogen) atoms. The molecule has 3 aromatic carbocycles. The van der Waals surface area contributed by atoms with Crippen LogP contribution in [0.1, 0.15) is 33.4 Å². The van der Waals surface area contributed by atoms with Crippen LogP contribution in [-0.4, -0.2) is 49.7 Å². The molecule has 0 bridgehead atoms. The van der Waals surface area contributed by atoms with Crippen molar-refractivity contribution < 1.29 is 23.8 Å². The van der Waals surface area contributed by atoms with Crippen LogP contribution in [0, 0.1) is 0 Å². The first kappa shape index (κ1) is 24.2. The van der Waals surface area contributed by atoms with Gasteiger partial charge in [-0.3, -0.25) is 9.59 Å². The molecule has 4 aromatic rings. The maximum Gasteiger partial charge on any atom is 0.254 e. The lowest BCUT2D eigenvalue weighted by Crippen LogP contribution is -2.44. The monoisotopic (exact) mass is 499 g/mol. The van der Waals surface area contributed by atoms with Crippen molar-refractivity contribution in [2.75, 3.05) is 33.7 Å². The van der Waals surface area contributed by atoms with Crippen LogP contribution in [0.3, 0.4) is 0 Å². The normalized spacial score (nSPS) is 16.9. The number of para-hydroxylation sites is 1. The molecule has 8 nitrogen and oxygen atoms in total. The third-order valence-corrected chi connectivity index (χ3v) is 7.04. The number of carbonyl (C=O) groups is 2. The van der Waals surface area contributed by atoms with E-state index in [2.05, 4.69) is 5.32 Å². The van der Waals surface area contributed by atoms with Gasteiger partial charge >= 0.3 is 0 Å². The molecule has 2 atom stereocenters. The molecule has 1 N–H and O–H groups in total. The Hall–Kier alpha value is -4.46. The first-order valence-electron chi connectivity index (χ1n) is 11.9. The molecule has 1 aromatic heterocycles. The van der Waals surface area contributed by atoms with Gasteiger partial charge in [-0.2, -0.15) is 0 Å². The van der Waals surface area contributed by atoms with E-state index in [1.165, 1.54) is 21.3 Å². The van der Waals surface area contributed by atoms with E-state index in [9.17, 15) is 9.59 Å². The van der Waals surface area contributed by atoms with Crippen LogP contribution in [-0.2, 0) is 11.8 Å². The Bertz CT molecular complexity index is 1480. The smallest absolute Gasteiger partial charge is 0.254 e. The molecule has 0 radical (unpaired) electrons. The number of rotatable bonds is 6. The first-order chi connectivity index (χ1) is 17.9. The van der Waals surface area contributed by atoms with E-state index in [0.717, 1.165) is 16.5 Å². The number of aryl methyl sites for hydroxylation is 1. The minimum Gasteiger partial charge on any atom is -0.493 e. The summed E-state index contributed by atoms with van der Waals surface area (Å²) in [6.45, 7) is 0. The maximum absolute atomic E-state index is 14.1. The minimum absolute atomic E-state index is 0.120. The molecule has 2 amide bonds. The molecule has 1 aliphatic heterocycles. The SMILES string of the molecule is COc1cc(NC(=O)C2c3ccccc3C(=O)N(C)C2c2cn(C)c3ccccc23)cc(OC)c1OC. The molecule has 0 fully saturated rings. The zero-order chi connectivity index (χ0) is 26.3. The quantitative estimate of drug-likeness (QED) is 0.414. The Labute approximate surface area is 215 Å². The number of ether oxygens (including phenoxy) is 3. The fourth-order valence-electron chi connectivity index (χ4n) is 5.33. The van der Waals surface area contributed by atoms with Gasteiger partial charge in [-0.1, -0.05) is 36.4 Å². The fourth-order valence-corrected chi connectivity index (χ4v) is 5.33. The topological polar surface area (TPSA) is 82.0 Å². The van der Waals surface area contributed by atoms with Gasteiger partial charge in [0.1, 0.15) is 0 Å². The zero-order valence-electron chi connectivity index (χ0n) is 21.4. The highest BCUT2D eigenvalue weighted by molar-refractivity contribution is 6.05. The standard InChI is InChI=1S/C29H29N3O5/c1-31-16-21(18-10-8-9-13-22(18)31)26-25(19-11-6-7-12-20(19)29(34)32(26)2)28(33)30-17-14-23(35-3)27(37-5)24(15-17)36-4/h6-16,25-26H,1-5H3,(H,30,33). The number of fused-ring (bicyclic) bond motifs is 2. The number of nitrogens with zero attached hydrogens (tertiary/aromatic N) is 2. The van der Waals surface area contributed by atoms with E-state index in [1.807, 2.05) is 60.3 Å². The van der Waals surface area contributed by atoms with Crippen LogP contribution in [0.4, 0.5) is 5.69 Å². The molecule has 0 saturated carbocycles. The number of hydrogen-bond acceptors (Lipinski definition) is 5. The molecular formula is C29H29N3O5. The van der Waals surface area contributed by atoms with Gasteiger partial charge in [-0.25, -0.2) is 0 Å². The van der Waals surface area contributed by atoms with Gasteiger partial charge in [-0.05, 0) is 17.7 Å². The summed E-state index contributed by atoms with van der Waals surface area (Å²) in [6.07, 6.45) is 2.01. The molecule has 0 spiro atoms. The predicted octanol–water partition coefficient (Wildman–Crippen LogP) is 4.75. The lowest BCUT2D eigenvalue weighted by Gasteiger charge is -2.39. The van der Waals surface area contributed by atoms with Crippen molar-refractivity contribution in [3.05, 3.63) is 83.6 Å². The molecular weight excluding hydrogens is 470 g/mol. The molecule has 190 valence electrons. The third-order valence-electron chi connectivity index (χ3n) is 7.04. The van der Waals surface area contributed by atoms with Crippen LogP contribution in [0.25, 0.3) is 10.9 Å². The van der Waals surface area contributed by atoms with E-state index >= 15 is 0 Å². The maximum atomic E-state index is 14.1. The van der Waals surface area contributed by atoms with Crippen LogP contribution < -0.4 is 19.5 Å². The van der Waals surface area contributed by atoms with Crippen LogP contribution in [0.15, 0.2) is 66.9 Å². The lowest BCUT2D eigenvalue weighted by molar-refractivity contribution is -0.119. The molecule has 0 saturated heterocycles. The number of hydrogen-bond donors (Lipinski definition) is 1. The lowest BCUT2D eigenvalue weighted by atomic mass is 9.79. The molecule has 2 heterocycles. The number of methoxy groups -OCH3 is 3. The van der Waals surface area contributed by atoms with Gasteiger partial charge < -0.3 is 29.0 Å². The molecule has 5 rings (SSSR count). The Morgan fingerprint density at radius 1 is 0.865 bits per heavy atom. The number of amides is 2. The molecule has 1 aliphatic rings. The Balaban J connectivity index is 1.64. The first-order valence-corrected chi connectivity index (χ1v) is 11.9. The van der Waals surface area contributed by atoms with Gasteiger partial charge in [0.05, 0.1) is 33.3 Å². The van der Waals surface area contributed by atoms with Crippen molar-refractivity contribution in [2.45, 2.75) is 12.0 Å². The minimum atomic E-state index is -0.663. The van der Waals surface area contributed by atoms with Crippen molar-refractivity contribution >= 4 is 28.4 Å². The molecule has 2 unspecified atom stereocenters. The summed E-state index contributed by atoms with van der Waals surface area (Å²) in [7, 11) is 8.30. The third kappa shape index (κ3) is 3.94. The van der Waals surface area contributed by atoms with Crippen LogP contribution in [0.5, 0.6) is 17.2 Å². The highest BCUT2D eigenvalue weighted by atomic mass is 16.5. The van der Waals surface area contributed by atoms with E-state index in [-0.39, 0.29) is 11.8 Å². The van der Waals surface area contributed by atoms with E-state index in [4.69, 9.17) is 14.2 Å². The number of aromatic nitrogens is 1. The largest absolute Gasteiger partial charge is 0.493 e. The summed E-state index contributed by atoms with van der Waals surface area (Å²) >= 11 is 0. The fraction of sp³-hybridized carbons (Fsp3) is 0.241.